The molecule has 0 aromatic heterocycles. The van der Waals surface area contributed by atoms with Crippen LogP contribution in [0.1, 0.15) is 64.5 Å². The number of hydrogen-bond donors (Lipinski definition) is 4. The molecule has 0 saturated carbocycles. The number of nitrogens with two attached hydrogens (primary N) is 1. The maximum atomic E-state index is 12.5. The van der Waals surface area contributed by atoms with Gasteiger partial charge in [-0.1, -0.05) is 35.4 Å². The molecule has 3 aromatic carbocycles. The number of benzene rings is 3. The van der Waals surface area contributed by atoms with Gasteiger partial charge in [0.15, 0.2) is 0 Å². The van der Waals surface area contributed by atoms with Crippen molar-refractivity contribution in [1.82, 2.24) is 0 Å². The second kappa shape index (κ2) is 10.7. The van der Waals surface area contributed by atoms with Gasteiger partial charge in [0, 0.05) is 11.4 Å². The highest BCUT2D eigenvalue weighted by atomic mass is 16.4. The molecule has 0 spiro atoms. The Hall–Kier alpha value is -4.13. The molecule has 7 nitrogen and oxygen atoms in total. The van der Waals surface area contributed by atoms with E-state index >= 15 is 0 Å². The summed E-state index contributed by atoms with van der Waals surface area (Å²) in [6.45, 7) is 11.8. The highest BCUT2D eigenvalue weighted by molar-refractivity contribution is 6.12. The number of aryl methyl sites for hydroxylation is 6. The van der Waals surface area contributed by atoms with Crippen LogP contribution in [0.25, 0.3) is 0 Å². The number of hydrogen-bond acceptors (Lipinski definition) is 4. The number of carbonyl (C=O) groups excluding carboxylic acids is 1. The van der Waals surface area contributed by atoms with E-state index in [1.807, 2.05) is 46.8 Å². The molecular formula is C27H30N2O5. The van der Waals surface area contributed by atoms with E-state index in [1.54, 1.807) is 0 Å². The van der Waals surface area contributed by atoms with Crippen LogP contribution in [0.4, 0.5) is 11.4 Å². The van der Waals surface area contributed by atoms with Gasteiger partial charge in [-0.3, -0.25) is 4.79 Å². The lowest BCUT2D eigenvalue weighted by Gasteiger charge is -2.14. The maximum absolute atomic E-state index is 12.5. The number of nitrogens with one attached hydrogen (secondary N) is 1. The fraction of sp³-hybridized carbons (Fsp3) is 0.222. The van der Waals surface area contributed by atoms with Crippen LogP contribution in [0.3, 0.4) is 0 Å². The first kappa shape index (κ1) is 26.1. The summed E-state index contributed by atoms with van der Waals surface area (Å²) in [5, 5.41) is 20.9. The van der Waals surface area contributed by atoms with Crippen LogP contribution in [0, 0.1) is 41.5 Å². The average Bonchev–Trinajstić information content (AvgIpc) is 2.74. The number of amides is 1. The van der Waals surface area contributed by atoms with Gasteiger partial charge < -0.3 is 21.3 Å². The predicted molar refractivity (Wildman–Crippen MR) is 134 cm³/mol. The third kappa shape index (κ3) is 6.22. The van der Waals surface area contributed by atoms with E-state index in [-0.39, 0.29) is 16.7 Å². The lowest BCUT2D eigenvalue weighted by Crippen LogP contribution is -2.18. The normalized spacial score (nSPS) is 10.2. The van der Waals surface area contributed by atoms with Gasteiger partial charge in [-0.25, -0.2) is 9.59 Å². The summed E-state index contributed by atoms with van der Waals surface area (Å²) in [5.74, 6) is -3.21. The standard InChI is InChI=1S/C18H17NO5.C9H13N/c1-9-6-10(2)15(11(3)7-9)19-16(20)13-5-4-12(17(21)22)8-14(13)18(23)24;1-6-4-7(2)9(10)8(3)5-6/h4-8H,1-3H3,(H,19,20)(H,21,22)(H,23,24);4-5H,10H2,1-3H3. The largest absolute Gasteiger partial charge is 0.478 e. The monoisotopic (exact) mass is 462 g/mol. The lowest BCUT2D eigenvalue weighted by molar-refractivity contribution is 0.0692. The Morgan fingerprint density at radius 2 is 1.15 bits per heavy atom. The van der Waals surface area contributed by atoms with Gasteiger partial charge >= 0.3 is 11.9 Å². The minimum absolute atomic E-state index is 0.0909. The Bertz CT molecular complexity index is 1230. The van der Waals surface area contributed by atoms with Gasteiger partial charge in [0.25, 0.3) is 5.91 Å². The molecule has 0 bridgehead atoms. The van der Waals surface area contributed by atoms with Crippen LogP contribution < -0.4 is 11.1 Å². The molecule has 3 aromatic rings. The van der Waals surface area contributed by atoms with Crippen LogP contribution >= 0.6 is 0 Å². The fourth-order valence-electron chi connectivity index (χ4n) is 3.80. The molecule has 0 unspecified atom stereocenters. The van der Waals surface area contributed by atoms with Gasteiger partial charge in [0.2, 0.25) is 0 Å². The molecule has 0 aliphatic rings. The number of carboxylic acids is 2. The zero-order valence-electron chi connectivity index (χ0n) is 20.2. The van der Waals surface area contributed by atoms with Crippen molar-refractivity contribution in [2.24, 2.45) is 0 Å². The van der Waals surface area contributed by atoms with Crippen molar-refractivity contribution in [2.45, 2.75) is 41.5 Å². The van der Waals surface area contributed by atoms with Crippen LogP contribution in [0.15, 0.2) is 42.5 Å². The van der Waals surface area contributed by atoms with Crippen molar-refractivity contribution in [3.8, 4) is 0 Å². The topological polar surface area (TPSA) is 130 Å². The van der Waals surface area contributed by atoms with Crippen molar-refractivity contribution in [3.05, 3.63) is 92.5 Å². The third-order valence-corrected chi connectivity index (χ3v) is 5.40. The van der Waals surface area contributed by atoms with Gasteiger partial charge in [0.05, 0.1) is 16.7 Å². The summed E-state index contributed by atoms with van der Waals surface area (Å²) < 4.78 is 0. The summed E-state index contributed by atoms with van der Waals surface area (Å²) in [6, 6.07) is 11.4. The molecule has 0 aliphatic carbocycles. The van der Waals surface area contributed by atoms with E-state index in [4.69, 9.17) is 10.8 Å². The molecule has 7 heteroatoms. The average molecular weight is 463 g/mol. The number of anilines is 2. The first-order valence-corrected chi connectivity index (χ1v) is 10.6. The molecule has 178 valence electrons. The molecule has 0 atom stereocenters. The zero-order valence-corrected chi connectivity index (χ0v) is 20.2. The minimum Gasteiger partial charge on any atom is -0.478 e. The van der Waals surface area contributed by atoms with E-state index < -0.39 is 17.8 Å². The van der Waals surface area contributed by atoms with Crippen LogP contribution in [0.5, 0.6) is 0 Å². The molecule has 34 heavy (non-hydrogen) atoms. The van der Waals surface area contributed by atoms with Gasteiger partial charge in [-0.15, -0.1) is 0 Å². The summed E-state index contributed by atoms with van der Waals surface area (Å²) in [4.78, 5) is 34.8. The number of carboxylic acid groups (broad SMARTS) is 2. The Kier molecular flexibility index (Phi) is 8.19. The quantitative estimate of drug-likeness (QED) is 0.381. The lowest BCUT2D eigenvalue weighted by atomic mass is 10.0. The summed E-state index contributed by atoms with van der Waals surface area (Å²) in [5.41, 5.74) is 13.1. The number of carbonyl (C=O) groups is 3. The second-order valence-electron chi connectivity index (χ2n) is 8.41. The number of rotatable bonds is 4. The Morgan fingerprint density at radius 1 is 0.676 bits per heavy atom. The van der Waals surface area contributed by atoms with Crippen molar-refractivity contribution in [2.75, 3.05) is 11.1 Å². The highest BCUT2D eigenvalue weighted by Crippen LogP contribution is 2.23. The molecule has 0 aliphatic heterocycles. The molecule has 3 rings (SSSR count). The molecule has 0 radical (unpaired) electrons. The minimum atomic E-state index is -1.36. The van der Waals surface area contributed by atoms with E-state index in [0.29, 0.717) is 5.69 Å². The molecule has 0 saturated heterocycles. The van der Waals surface area contributed by atoms with E-state index in [2.05, 4.69) is 24.4 Å². The van der Waals surface area contributed by atoms with Crippen molar-refractivity contribution in [3.63, 3.8) is 0 Å². The second-order valence-corrected chi connectivity index (χ2v) is 8.41. The van der Waals surface area contributed by atoms with Gasteiger partial charge in [0.1, 0.15) is 0 Å². The molecule has 5 N–H and O–H groups in total. The van der Waals surface area contributed by atoms with E-state index in [0.717, 1.165) is 28.4 Å². The SMILES string of the molecule is Cc1cc(C)c(N)c(C)c1.Cc1cc(C)c(NC(=O)c2ccc(C(=O)O)cc2C(=O)O)c(C)c1. The summed E-state index contributed by atoms with van der Waals surface area (Å²) in [7, 11) is 0. The van der Waals surface area contributed by atoms with Gasteiger partial charge in [-0.2, -0.15) is 0 Å². The highest BCUT2D eigenvalue weighted by Gasteiger charge is 2.20. The molecule has 0 heterocycles. The summed E-state index contributed by atoms with van der Waals surface area (Å²) >= 11 is 0. The van der Waals surface area contributed by atoms with E-state index in [1.165, 1.54) is 28.8 Å². The predicted octanol–water partition coefficient (Wildman–Crippen LogP) is 5.45. The van der Waals surface area contributed by atoms with Crippen molar-refractivity contribution >= 4 is 29.2 Å². The van der Waals surface area contributed by atoms with Crippen molar-refractivity contribution < 1.29 is 24.6 Å². The first-order chi connectivity index (χ1) is 15.8. The van der Waals surface area contributed by atoms with Crippen LogP contribution in [0.2, 0.25) is 0 Å². The fourth-order valence-corrected chi connectivity index (χ4v) is 3.80. The van der Waals surface area contributed by atoms with Crippen LogP contribution in [-0.4, -0.2) is 28.1 Å². The van der Waals surface area contributed by atoms with Crippen LogP contribution in [-0.2, 0) is 0 Å². The van der Waals surface area contributed by atoms with Crippen molar-refractivity contribution in [1.29, 1.82) is 0 Å². The molecular weight excluding hydrogens is 432 g/mol. The maximum Gasteiger partial charge on any atom is 0.336 e. The zero-order chi connectivity index (χ0) is 25.7. The third-order valence-electron chi connectivity index (χ3n) is 5.40. The number of aromatic carboxylic acids is 2. The molecule has 0 fully saturated rings. The molecule has 1 amide bonds. The Labute approximate surface area is 199 Å². The Balaban J connectivity index is 0.000000340. The van der Waals surface area contributed by atoms with Gasteiger partial charge in [-0.05, 0) is 82.0 Å². The Morgan fingerprint density at radius 3 is 1.59 bits per heavy atom. The summed E-state index contributed by atoms with van der Waals surface area (Å²) in [6.07, 6.45) is 0. The van der Waals surface area contributed by atoms with E-state index in [9.17, 15) is 19.5 Å². The first-order valence-electron chi connectivity index (χ1n) is 10.6. The smallest absolute Gasteiger partial charge is 0.336 e. The number of nitrogen functional groups attached to an aromatic ring is 1.